The van der Waals surface area contributed by atoms with Gasteiger partial charge >= 0.3 is 11.6 Å². The number of hydrogen-bond donors (Lipinski definition) is 0. The van der Waals surface area contributed by atoms with Gasteiger partial charge in [0, 0.05) is 32.2 Å². The lowest BCUT2D eigenvalue weighted by Crippen LogP contribution is -2.40. The number of amides is 1. The fraction of sp³-hybridized carbons (Fsp3) is 0.632. The summed E-state index contributed by atoms with van der Waals surface area (Å²) in [5.74, 6) is -0.726. The maximum atomic E-state index is 13.0. The Balaban J connectivity index is 1.83. The summed E-state index contributed by atoms with van der Waals surface area (Å²) in [7, 11) is 1.30. The third kappa shape index (κ3) is 4.39. The van der Waals surface area contributed by atoms with Gasteiger partial charge in [-0.25, -0.2) is 4.79 Å². The first-order chi connectivity index (χ1) is 13.0. The molecular formula is C19H25NO7. The van der Waals surface area contributed by atoms with Crippen LogP contribution in [0.5, 0.6) is 0 Å². The van der Waals surface area contributed by atoms with E-state index in [0.717, 1.165) is 12.8 Å². The fourth-order valence-corrected chi connectivity index (χ4v) is 3.54. The van der Waals surface area contributed by atoms with Crippen molar-refractivity contribution < 1.29 is 28.2 Å². The molecule has 27 heavy (non-hydrogen) atoms. The van der Waals surface area contributed by atoms with Gasteiger partial charge in [-0.15, -0.1) is 0 Å². The minimum absolute atomic E-state index is 0.0105. The lowest BCUT2D eigenvalue weighted by Gasteiger charge is -2.24. The molecule has 8 heteroatoms. The van der Waals surface area contributed by atoms with Gasteiger partial charge in [0.2, 0.25) is 0 Å². The van der Waals surface area contributed by atoms with Crippen LogP contribution in [-0.4, -0.2) is 63.4 Å². The normalized spacial score (nSPS) is 21.6. The van der Waals surface area contributed by atoms with Crippen LogP contribution in [-0.2, 0) is 19.0 Å². The van der Waals surface area contributed by atoms with Crippen LogP contribution in [0.15, 0.2) is 15.3 Å². The molecule has 2 aliphatic rings. The molecule has 3 rings (SSSR count). The monoisotopic (exact) mass is 379 g/mol. The smallest absolute Gasteiger partial charge is 0.349 e. The van der Waals surface area contributed by atoms with E-state index in [1.54, 1.807) is 13.0 Å². The number of carbonyl (C=O) groups excluding carboxylic acids is 2. The molecule has 8 nitrogen and oxygen atoms in total. The van der Waals surface area contributed by atoms with Gasteiger partial charge in [0.15, 0.2) is 0 Å². The van der Waals surface area contributed by atoms with Gasteiger partial charge in [-0.2, -0.15) is 0 Å². The zero-order valence-electron chi connectivity index (χ0n) is 15.7. The van der Waals surface area contributed by atoms with Crippen LogP contribution in [0.3, 0.4) is 0 Å². The van der Waals surface area contributed by atoms with Crippen LogP contribution in [0.4, 0.5) is 0 Å². The lowest BCUT2D eigenvalue weighted by molar-refractivity contribution is -0.147. The van der Waals surface area contributed by atoms with Crippen molar-refractivity contribution in [2.75, 3.05) is 46.6 Å². The lowest BCUT2D eigenvalue weighted by atomic mass is 9.95. The molecule has 0 N–H and O–H groups in total. The zero-order valence-corrected chi connectivity index (χ0v) is 15.7. The first-order valence-corrected chi connectivity index (χ1v) is 9.18. The van der Waals surface area contributed by atoms with E-state index in [1.165, 1.54) is 12.0 Å². The Morgan fingerprint density at radius 3 is 2.59 bits per heavy atom. The molecule has 0 radical (unpaired) electrons. The average Bonchev–Trinajstić information content (AvgIpc) is 2.93. The van der Waals surface area contributed by atoms with E-state index in [0.29, 0.717) is 37.7 Å². The van der Waals surface area contributed by atoms with E-state index in [2.05, 4.69) is 0 Å². The van der Waals surface area contributed by atoms with Gasteiger partial charge in [0.1, 0.15) is 11.3 Å². The van der Waals surface area contributed by atoms with Gasteiger partial charge in [-0.3, -0.25) is 9.59 Å². The second kappa shape index (κ2) is 8.67. The van der Waals surface area contributed by atoms with Crippen molar-refractivity contribution in [2.45, 2.75) is 25.7 Å². The number of esters is 1. The quantitative estimate of drug-likeness (QED) is 0.726. The van der Waals surface area contributed by atoms with Gasteiger partial charge in [-0.1, -0.05) is 0 Å². The van der Waals surface area contributed by atoms with Crippen molar-refractivity contribution in [1.29, 1.82) is 0 Å². The summed E-state index contributed by atoms with van der Waals surface area (Å²) < 4.78 is 21.0. The maximum Gasteiger partial charge on any atom is 0.349 e. The van der Waals surface area contributed by atoms with Crippen LogP contribution in [0.2, 0.25) is 0 Å². The highest BCUT2D eigenvalue weighted by Crippen LogP contribution is 2.27. The number of carbonyl (C=O) groups is 2. The second-order valence-electron chi connectivity index (χ2n) is 6.93. The third-order valence-corrected chi connectivity index (χ3v) is 5.09. The van der Waals surface area contributed by atoms with Crippen LogP contribution in [0.1, 0.15) is 40.4 Å². The van der Waals surface area contributed by atoms with Crippen LogP contribution in [0, 0.1) is 12.8 Å². The molecule has 148 valence electrons. The van der Waals surface area contributed by atoms with Crippen molar-refractivity contribution in [3.63, 3.8) is 0 Å². The molecular weight excluding hydrogens is 354 g/mol. The molecule has 1 aromatic rings. The highest BCUT2D eigenvalue weighted by molar-refractivity contribution is 5.95. The topological polar surface area (TPSA) is 95.3 Å². The largest absolute Gasteiger partial charge is 0.469 e. The van der Waals surface area contributed by atoms with Crippen molar-refractivity contribution in [2.24, 2.45) is 5.92 Å². The molecule has 3 heterocycles. The highest BCUT2D eigenvalue weighted by Gasteiger charge is 2.31. The molecule has 0 spiro atoms. The second-order valence-corrected chi connectivity index (χ2v) is 6.93. The summed E-state index contributed by atoms with van der Waals surface area (Å²) in [6.45, 7) is 3.93. The summed E-state index contributed by atoms with van der Waals surface area (Å²) in [6.07, 6.45) is 1.58. The Labute approximate surface area is 157 Å². The number of rotatable bonds is 3. The van der Waals surface area contributed by atoms with Crippen molar-refractivity contribution in [1.82, 2.24) is 4.90 Å². The fourth-order valence-electron chi connectivity index (χ4n) is 3.54. The average molecular weight is 379 g/mol. The zero-order chi connectivity index (χ0) is 19.4. The molecule has 2 fully saturated rings. The SMILES string of the molecule is COC(=O)C1COCCN(C(=O)c2c(C)cc(C3CCOCC3)oc2=O)C1. The van der Waals surface area contributed by atoms with Crippen LogP contribution in [0.25, 0.3) is 0 Å². The Bertz CT molecular complexity index is 751. The van der Waals surface area contributed by atoms with Gasteiger partial charge < -0.3 is 23.5 Å². The molecule has 1 aromatic heterocycles. The van der Waals surface area contributed by atoms with E-state index in [4.69, 9.17) is 18.6 Å². The van der Waals surface area contributed by atoms with Gasteiger partial charge in [-0.05, 0) is 31.4 Å². The number of methoxy groups -OCH3 is 1. The van der Waals surface area contributed by atoms with Crippen molar-refractivity contribution >= 4 is 11.9 Å². The molecule has 0 aromatic carbocycles. The molecule has 2 saturated heterocycles. The summed E-state index contributed by atoms with van der Waals surface area (Å²) in [4.78, 5) is 38.9. The van der Waals surface area contributed by atoms with Crippen molar-refractivity contribution in [3.8, 4) is 0 Å². The first kappa shape index (κ1) is 19.6. The number of ether oxygens (including phenoxy) is 3. The number of hydrogen-bond acceptors (Lipinski definition) is 7. The van der Waals surface area contributed by atoms with Crippen LogP contribution >= 0.6 is 0 Å². The van der Waals surface area contributed by atoms with E-state index >= 15 is 0 Å². The number of aryl methyl sites for hydroxylation is 1. The van der Waals surface area contributed by atoms with Crippen molar-refractivity contribution in [3.05, 3.63) is 33.4 Å². The van der Waals surface area contributed by atoms with E-state index in [9.17, 15) is 14.4 Å². The Kier molecular flexibility index (Phi) is 6.28. The Morgan fingerprint density at radius 1 is 1.19 bits per heavy atom. The van der Waals surface area contributed by atoms with Gasteiger partial charge in [0.05, 0.1) is 26.2 Å². The molecule has 1 atom stereocenters. The summed E-state index contributed by atoms with van der Waals surface area (Å²) in [6, 6.07) is 1.77. The van der Waals surface area contributed by atoms with E-state index in [-0.39, 0.29) is 24.6 Å². The molecule has 0 aliphatic carbocycles. The van der Waals surface area contributed by atoms with E-state index < -0.39 is 23.4 Å². The maximum absolute atomic E-state index is 13.0. The predicted octanol–water partition coefficient (Wildman–Crippen LogP) is 1.10. The standard InChI is InChI=1S/C19H25NO7/c1-12-9-15(13-3-6-25-7-4-13)27-19(23)16(12)17(21)20-5-8-26-11-14(10-20)18(22)24-2/h9,13-14H,3-8,10-11H2,1-2H3. The minimum Gasteiger partial charge on any atom is -0.469 e. The molecule has 2 aliphatic heterocycles. The number of nitrogens with zero attached hydrogens (tertiary/aromatic N) is 1. The highest BCUT2D eigenvalue weighted by atomic mass is 16.5. The van der Waals surface area contributed by atoms with Gasteiger partial charge in [0.25, 0.3) is 5.91 Å². The Morgan fingerprint density at radius 2 is 1.93 bits per heavy atom. The first-order valence-electron chi connectivity index (χ1n) is 9.18. The Hall–Kier alpha value is -2.19. The molecule has 0 bridgehead atoms. The third-order valence-electron chi connectivity index (χ3n) is 5.09. The van der Waals surface area contributed by atoms with Crippen LogP contribution < -0.4 is 5.63 Å². The minimum atomic E-state index is -0.638. The molecule has 0 saturated carbocycles. The molecule has 1 amide bonds. The molecule has 1 unspecified atom stereocenters. The van der Waals surface area contributed by atoms with E-state index in [1.807, 2.05) is 0 Å². The summed E-state index contributed by atoms with van der Waals surface area (Å²) >= 11 is 0. The predicted molar refractivity (Wildman–Crippen MR) is 94.7 cm³/mol. The summed E-state index contributed by atoms with van der Waals surface area (Å²) in [5.41, 5.74) is -0.0462. The summed E-state index contributed by atoms with van der Waals surface area (Å²) in [5, 5.41) is 0.